The highest BCUT2D eigenvalue weighted by molar-refractivity contribution is 7.07. The van der Waals surface area contributed by atoms with Crippen LogP contribution in [0.15, 0.2) is 35.4 Å². The third kappa shape index (κ3) is 1.43. The van der Waals surface area contributed by atoms with E-state index in [9.17, 15) is 0 Å². The number of imidazole rings is 1. The summed E-state index contributed by atoms with van der Waals surface area (Å²) >= 11 is 1.59. The molecule has 0 fully saturated rings. The van der Waals surface area contributed by atoms with Gasteiger partial charge in [0.15, 0.2) is 0 Å². The highest BCUT2D eigenvalue weighted by atomic mass is 32.1. The molecule has 74 valence electrons. The van der Waals surface area contributed by atoms with Crippen LogP contribution in [0, 0.1) is 6.92 Å². The maximum atomic E-state index is 4.52. The van der Waals surface area contributed by atoms with Crippen molar-refractivity contribution in [3.8, 4) is 11.4 Å². The van der Waals surface area contributed by atoms with E-state index >= 15 is 0 Å². The molecule has 0 aliphatic rings. The van der Waals surface area contributed by atoms with Gasteiger partial charge in [-0.1, -0.05) is 0 Å². The third-order valence-electron chi connectivity index (χ3n) is 2.31. The van der Waals surface area contributed by atoms with E-state index in [1.165, 1.54) is 5.56 Å². The van der Waals surface area contributed by atoms with Gasteiger partial charge in [0.25, 0.3) is 0 Å². The minimum absolute atomic E-state index is 0.932. The Balaban J connectivity index is 2.22. The van der Waals surface area contributed by atoms with E-state index in [2.05, 4.69) is 29.0 Å². The molecule has 0 radical (unpaired) electrons. The minimum atomic E-state index is 0.932. The molecule has 3 rings (SSSR count). The topological polar surface area (TPSA) is 30.2 Å². The van der Waals surface area contributed by atoms with Gasteiger partial charge in [0.2, 0.25) is 0 Å². The van der Waals surface area contributed by atoms with Crippen LogP contribution in [-0.4, -0.2) is 14.4 Å². The summed E-state index contributed by atoms with van der Waals surface area (Å²) in [5.74, 6) is 0. The molecule has 0 spiro atoms. The summed E-state index contributed by atoms with van der Waals surface area (Å²) in [6.45, 7) is 2.07. The zero-order valence-electron chi connectivity index (χ0n) is 8.21. The summed E-state index contributed by atoms with van der Waals surface area (Å²) in [4.78, 5) is 8.77. The van der Waals surface area contributed by atoms with Gasteiger partial charge in [-0.2, -0.15) is 0 Å². The highest BCUT2D eigenvalue weighted by Gasteiger charge is 2.05. The highest BCUT2D eigenvalue weighted by Crippen LogP contribution is 2.18. The number of pyridine rings is 1. The number of rotatable bonds is 1. The molecule has 15 heavy (non-hydrogen) atoms. The lowest BCUT2D eigenvalue weighted by atomic mass is 10.3. The molecule has 0 amide bonds. The SMILES string of the molecule is Cc1ccn2cc(-c3cscn3)nc2c1. The Labute approximate surface area is 91.1 Å². The van der Waals surface area contributed by atoms with Crippen LogP contribution in [-0.2, 0) is 0 Å². The molecule has 3 nitrogen and oxygen atoms in total. The lowest BCUT2D eigenvalue weighted by molar-refractivity contribution is 1.17. The number of hydrogen-bond acceptors (Lipinski definition) is 3. The van der Waals surface area contributed by atoms with Gasteiger partial charge in [0, 0.05) is 17.8 Å². The number of fused-ring (bicyclic) bond motifs is 1. The summed E-state index contributed by atoms with van der Waals surface area (Å²) < 4.78 is 2.02. The summed E-state index contributed by atoms with van der Waals surface area (Å²) in [5, 5.41) is 2.01. The van der Waals surface area contributed by atoms with E-state index in [0.29, 0.717) is 0 Å². The molecule has 0 saturated heterocycles. The molecule has 4 heteroatoms. The molecule has 0 saturated carbocycles. The summed E-state index contributed by atoms with van der Waals surface area (Å²) in [6, 6.07) is 4.13. The van der Waals surface area contributed by atoms with Crippen molar-refractivity contribution in [2.45, 2.75) is 6.92 Å². The quantitative estimate of drug-likeness (QED) is 0.624. The van der Waals surface area contributed by atoms with Gasteiger partial charge in [-0.15, -0.1) is 11.3 Å². The Morgan fingerprint density at radius 2 is 2.27 bits per heavy atom. The summed E-state index contributed by atoms with van der Waals surface area (Å²) in [6.07, 6.45) is 4.03. The van der Waals surface area contributed by atoms with Gasteiger partial charge >= 0.3 is 0 Å². The van der Waals surface area contributed by atoms with E-state index in [-0.39, 0.29) is 0 Å². The van der Waals surface area contributed by atoms with Gasteiger partial charge in [-0.25, -0.2) is 9.97 Å². The van der Waals surface area contributed by atoms with Gasteiger partial charge in [-0.3, -0.25) is 0 Å². The smallest absolute Gasteiger partial charge is 0.137 e. The lowest BCUT2D eigenvalue weighted by Crippen LogP contribution is -1.81. The van der Waals surface area contributed by atoms with Crippen LogP contribution in [0.1, 0.15) is 5.56 Å². The van der Waals surface area contributed by atoms with E-state index in [1.807, 2.05) is 27.7 Å². The minimum Gasteiger partial charge on any atom is -0.306 e. The van der Waals surface area contributed by atoms with Crippen molar-refractivity contribution in [1.82, 2.24) is 14.4 Å². The third-order valence-corrected chi connectivity index (χ3v) is 2.90. The first-order valence-electron chi connectivity index (χ1n) is 4.67. The first-order valence-corrected chi connectivity index (χ1v) is 5.61. The fraction of sp³-hybridized carbons (Fsp3) is 0.0909. The van der Waals surface area contributed by atoms with Crippen LogP contribution in [0.3, 0.4) is 0 Å². The molecular formula is C11H9N3S. The van der Waals surface area contributed by atoms with Crippen molar-refractivity contribution >= 4 is 17.0 Å². The maximum absolute atomic E-state index is 4.52. The van der Waals surface area contributed by atoms with Gasteiger partial charge < -0.3 is 4.40 Å². The Morgan fingerprint density at radius 3 is 3.07 bits per heavy atom. The molecule has 0 aliphatic carbocycles. The number of thiazole rings is 1. The van der Waals surface area contributed by atoms with E-state index in [4.69, 9.17) is 0 Å². The first kappa shape index (κ1) is 8.61. The van der Waals surface area contributed by atoms with Crippen molar-refractivity contribution in [1.29, 1.82) is 0 Å². The lowest BCUT2D eigenvalue weighted by Gasteiger charge is -1.92. The Bertz CT molecular complexity index is 595. The zero-order valence-corrected chi connectivity index (χ0v) is 9.03. The largest absolute Gasteiger partial charge is 0.306 e. The molecule has 0 bridgehead atoms. The molecule has 0 atom stereocenters. The van der Waals surface area contributed by atoms with Crippen LogP contribution in [0.25, 0.3) is 17.0 Å². The average Bonchev–Trinajstić information content (AvgIpc) is 2.84. The van der Waals surface area contributed by atoms with Gasteiger partial charge in [-0.05, 0) is 24.6 Å². The molecule has 0 unspecified atom stereocenters. The zero-order chi connectivity index (χ0) is 10.3. The molecule has 0 aromatic carbocycles. The number of hydrogen-bond donors (Lipinski definition) is 0. The molecule has 3 heterocycles. The second-order valence-electron chi connectivity index (χ2n) is 3.47. The Hall–Kier alpha value is -1.68. The summed E-state index contributed by atoms with van der Waals surface area (Å²) in [7, 11) is 0. The van der Waals surface area contributed by atoms with Gasteiger partial charge in [0.05, 0.1) is 5.51 Å². The predicted octanol–water partition coefficient (Wildman–Crippen LogP) is 2.77. The van der Waals surface area contributed by atoms with Crippen molar-refractivity contribution in [3.63, 3.8) is 0 Å². The second kappa shape index (κ2) is 3.17. The van der Waals surface area contributed by atoms with Crippen LogP contribution in [0.5, 0.6) is 0 Å². The predicted molar refractivity (Wildman–Crippen MR) is 61.0 cm³/mol. The number of nitrogens with zero attached hydrogens (tertiary/aromatic N) is 3. The Kier molecular flexibility index (Phi) is 1.82. The second-order valence-corrected chi connectivity index (χ2v) is 4.19. The molecule has 0 aliphatic heterocycles. The number of aromatic nitrogens is 3. The van der Waals surface area contributed by atoms with Crippen LogP contribution in [0.2, 0.25) is 0 Å². The molecule has 0 N–H and O–H groups in total. The fourth-order valence-electron chi connectivity index (χ4n) is 1.55. The monoisotopic (exact) mass is 215 g/mol. The fourth-order valence-corrected chi connectivity index (χ4v) is 2.09. The average molecular weight is 215 g/mol. The van der Waals surface area contributed by atoms with Crippen LogP contribution < -0.4 is 0 Å². The van der Waals surface area contributed by atoms with Crippen LogP contribution >= 0.6 is 11.3 Å². The standard InChI is InChI=1S/C11H9N3S/c1-8-2-3-14-5-9(13-11(14)4-8)10-6-15-7-12-10/h2-7H,1H3. The maximum Gasteiger partial charge on any atom is 0.137 e. The van der Waals surface area contributed by atoms with Crippen molar-refractivity contribution < 1.29 is 0 Å². The Morgan fingerprint density at radius 1 is 1.33 bits per heavy atom. The van der Waals surface area contributed by atoms with Gasteiger partial charge in [0.1, 0.15) is 17.0 Å². The van der Waals surface area contributed by atoms with Crippen molar-refractivity contribution in [2.75, 3.05) is 0 Å². The first-order chi connectivity index (χ1) is 7.33. The van der Waals surface area contributed by atoms with Crippen molar-refractivity contribution in [3.05, 3.63) is 41.0 Å². The molecule has 3 aromatic heterocycles. The molecule has 3 aromatic rings. The van der Waals surface area contributed by atoms with E-state index in [1.54, 1.807) is 11.3 Å². The summed E-state index contributed by atoms with van der Waals surface area (Å²) in [5.41, 5.74) is 5.89. The molecular weight excluding hydrogens is 206 g/mol. The van der Waals surface area contributed by atoms with Crippen LogP contribution in [0.4, 0.5) is 0 Å². The van der Waals surface area contributed by atoms with E-state index in [0.717, 1.165) is 17.0 Å². The van der Waals surface area contributed by atoms with Crippen molar-refractivity contribution in [2.24, 2.45) is 0 Å². The van der Waals surface area contributed by atoms with E-state index < -0.39 is 0 Å². The normalized spacial score (nSPS) is 11.0. The number of aryl methyl sites for hydroxylation is 1.